The van der Waals surface area contributed by atoms with Crippen LogP contribution in [0.4, 0.5) is 11.4 Å². The monoisotopic (exact) mass is 497 g/mol. The number of anilines is 2. The van der Waals surface area contributed by atoms with Gasteiger partial charge in [0.15, 0.2) is 10.9 Å². The second-order valence-corrected chi connectivity index (χ2v) is 9.79. The highest BCUT2D eigenvalue weighted by molar-refractivity contribution is 8.01. The van der Waals surface area contributed by atoms with E-state index in [1.165, 1.54) is 23.1 Å². The molecule has 4 rings (SSSR count). The van der Waals surface area contributed by atoms with Crippen molar-refractivity contribution >= 4 is 68.1 Å². The first-order valence-electron chi connectivity index (χ1n) is 10.0. The van der Waals surface area contributed by atoms with Crippen LogP contribution in [0.5, 0.6) is 5.75 Å². The van der Waals surface area contributed by atoms with Gasteiger partial charge in [-0.2, -0.15) is 0 Å². The number of aromatic nitrogens is 1. The molecule has 9 heteroatoms. The molecule has 0 fully saturated rings. The first kappa shape index (κ1) is 23.1. The Kier molecular flexibility index (Phi) is 7.49. The number of thioether (sulfide) groups is 1. The topological polar surface area (TPSA) is 80.3 Å². The molecule has 2 N–H and O–H groups in total. The van der Waals surface area contributed by atoms with Crippen LogP contribution in [0.2, 0.25) is 5.02 Å². The molecule has 4 aromatic rings. The van der Waals surface area contributed by atoms with Crippen LogP contribution in [0.25, 0.3) is 10.2 Å². The van der Waals surface area contributed by atoms with Gasteiger partial charge in [-0.05, 0) is 49.4 Å². The molecule has 0 spiro atoms. The van der Waals surface area contributed by atoms with Crippen LogP contribution in [0, 0.1) is 6.92 Å². The van der Waals surface area contributed by atoms with Crippen LogP contribution in [0.3, 0.4) is 0 Å². The summed E-state index contributed by atoms with van der Waals surface area (Å²) in [5.41, 5.74) is 3.18. The van der Waals surface area contributed by atoms with Crippen molar-refractivity contribution in [3.8, 4) is 5.75 Å². The van der Waals surface area contributed by atoms with Crippen LogP contribution in [0.15, 0.2) is 71.1 Å². The average molecular weight is 498 g/mol. The maximum Gasteiger partial charge on any atom is 0.262 e. The normalized spacial score (nSPS) is 10.7. The molecule has 0 saturated carbocycles. The number of halogens is 1. The summed E-state index contributed by atoms with van der Waals surface area (Å²) in [5, 5.41) is 6.13. The highest BCUT2D eigenvalue weighted by Crippen LogP contribution is 2.31. The van der Waals surface area contributed by atoms with Gasteiger partial charge in [0, 0.05) is 5.69 Å². The molecule has 0 aliphatic carbocycles. The van der Waals surface area contributed by atoms with E-state index in [1.807, 2.05) is 55.5 Å². The van der Waals surface area contributed by atoms with Crippen molar-refractivity contribution in [2.24, 2.45) is 0 Å². The number of para-hydroxylation sites is 1. The number of aryl methyl sites for hydroxylation is 1. The number of nitrogens with zero attached hydrogens (tertiary/aromatic N) is 1. The first-order valence-corrected chi connectivity index (χ1v) is 12.2. The third-order valence-electron chi connectivity index (χ3n) is 4.52. The van der Waals surface area contributed by atoms with E-state index in [-0.39, 0.29) is 24.2 Å². The van der Waals surface area contributed by atoms with Crippen molar-refractivity contribution < 1.29 is 14.3 Å². The zero-order chi connectivity index (χ0) is 23.2. The Labute approximate surface area is 204 Å². The van der Waals surface area contributed by atoms with Gasteiger partial charge < -0.3 is 15.4 Å². The Hall–Kier alpha value is -3.07. The number of amides is 2. The standard InChI is InChI=1S/C24H20ClN3O3S2/c1-15-6-9-17(10-7-15)31-13-22(29)26-16-8-11-20-21(12-16)33-24(28-20)32-14-23(30)27-19-5-3-2-4-18(19)25/h2-12H,13-14H2,1H3,(H,26,29)(H,27,30). The summed E-state index contributed by atoms with van der Waals surface area (Å²) in [7, 11) is 0. The van der Waals surface area contributed by atoms with Gasteiger partial charge in [0.25, 0.3) is 5.91 Å². The summed E-state index contributed by atoms with van der Waals surface area (Å²) in [6.45, 7) is 1.91. The van der Waals surface area contributed by atoms with Gasteiger partial charge >= 0.3 is 0 Å². The molecule has 0 radical (unpaired) electrons. The molecule has 0 atom stereocenters. The summed E-state index contributed by atoms with van der Waals surface area (Å²) < 4.78 is 7.21. The van der Waals surface area contributed by atoms with E-state index in [0.29, 0.717) is 22.1 Å². The van der Waals surface area contributed by atoms with E-state index in [1.54, 1.807) is 18.2 Å². The van der Waals surface area contributed by atoms with Gasteiger partial charge in [-0.3, -0.25) is 9.59 Å². The van der Waals surface area contributed by atoms with E-state index in [2.05, 4.69) is 15.6 Å². The Morgan fingerprint density at radius 2 is 1.82 bits per heavy atom. The molecule has 168 valence electrons. The summed E-state index contributed by atoms with van der Waals surface area (Å²) >= 11 is 8.89. The van der Waals surface area contributed by atoms with Gasteiger partial charge in [-0.25, -0.2) is 4.98 Å². The number of benzene rings is 3. The Morgan fingerprint density at radius 1 is 1.03 bits per heavy atom. The van der Waals surface area contributed by atoms with Crippen molar-refractivity contribution in [3.05, 3.63) is 77.3 Å². The molecule has 1 aromatic heterocycles. The van der Waals surface area contributed by atoms with Crippen LogP contribution in [-0.2, 0) is 9.59 Å². The van der Waals surface area contributed by atoms with E-state index >= 15 is 0 Å². The Balaban J connectivity index is 1.31. The molecule has 0 aliphatic heterocycles. The molecule has 1 heterocycles. The zero-order valence-electron chi connectivity index (χ0n) is 17.6. The van der Waals surface area contributed by atoms with Crippen LogP contribution >= 0.6 is 34.7 Å². The molecular weight excluding hydrogens is 478 g/mol. The third-order valence-corrected chi connectivity index (χ3v) is 7.01. The number of hydrogen-bond donors (Lipinski definition) is 2. The van der Waals surface area contributed by atoms with Crippen LogP contribution in [-0.4, -0.2) is 29.2 Å². The van der Waals surface area contributed by atoms with E-state index in [9.17, 15) is 9.59 Å². The van der Waals surface area contributed by atoms with E-state index < -0.39 is 0 Å². The van der Waals surface area contributed by atoms with E-state index in [4.69, 9.17) is 16.3 Å². The lowest BCUT2D eigenvalue weighted by atomic mass is 10.2. The molecule has 0 aliphatic rings. The summed E-state index contributed by atoms with van der Waals surface area (Å²) in [4.78, 5) is 29.0. The maximum atomic E-state index is 12.2. The SMILES string of the molecule is Cc1ccc(OCC(=O)Nc2ccc3nc(SCC(=O)Nc4ccccc4Cl)sc3c2)cc1. The van der Waals surface area contributed by atoms with Gasteiger partial charge in [-0.15, -0.1) is 11.3 Å². The quantitative estimate of drug-likeness (QED) is 0.291. The summed E-state index contributed by atoms with van der Waals surface area (Å²) in [6.07, 6.45) is 0. The average Bonchev–Trinajstić information content (AvgIpc) is 3.21. The number of fused-ring (bicyclic) bond motifs is 1. The lowest BCUT2D eigenvalue weighted by Gasteiger charge is -2.07. The van der Waals surface area contributed by atoms with Crippen molar-refractivity contribution in [2.75, 3.05) is 23.0 Å². The van der Waals surface area contributed by atoms with Crippen molar-refractivity contribution in [2.45, 2.75) is 11.3 Å². The van der Waals surface area contributed by atoms with Crippen molar-refractivity contribution in [1.29, 1.82) is 0 Å². The number of ether oxygens (including phenoxy) is 1. The van der Waals surface area contributed by atoms with Crippen LogP contribution < -0.4 is 15.4 Å². The molecule has 0 unspecified atom stereocenters. The van der Waals surface area contributed by atoms with Crippen molar-refractivity contribution in [3.63, 3.8) is 0 Å². The second-order valence-electron chi connectivity index (χ2n) is 7.13. The maximum absolute atomic E-state index is 12.2. The number of hydrogen-bond acceptors (Lipinski definition) is 6. The molecule has 2 amide bonds. The predicted molar refractivity (Wildman–Crippen MR) is 136 cm³/mol. The number of rotatable bonds is 8. The fraction of sp³-hybridized carbons (Fsp3) is 0.125. The largest absolute Gasteiger partial charge is 0.484 e. The molecule has 3 aromatic carbocycles. The number of carbonyl (C=O) groups excluding carboxylic acids is 2. The molecule has 0 bridgehead atoms. The minimum atomic E-state index is -0.245. The fourth-order valence-electron chi connectivity index (χ4n) is 2.90. The van der Waals surface area contributed by atoms with Gasteiger partial charge in [-0.1, -0.05) is 53.2 Å². The second kappa shape index (κ2) is 10.7. The summed E-state index contributed by atoms with van der Waals surface area (Å²) in [6, 6.07) is 20.1. The molecule has 0 saturated heterocycles. The highest BCUT2D eigenvalue weighted by Gasteiger charge is 2.11. The molecule has 6 nitrogen and oxygen atoms in total. The minimum absolute atomic E-state index is 0.0779. The Bertz CT molecular complexity index is 1290. The third kappa shape index (κ3) is 6.47. The highest BCUT2D eigenvalue weighted by atomic mass is 35.5. The fourth-order valence-corrected chi connectivity index (χ4v) is 4.99. The van der Waals surface area contributed by atoms with Crippen LogP contribution in [0.1, 0.15) is 5.56 Å². The predicted octanol–water partition coefficient (Wildman–Crippen LogP) is 6.01. The molecular formula is C24H20ClN3O3S2. The van der Waals surface area contributed by atoms with Gasteiger partial charge in [0.1, 0.15) is 5.75 Å². The first-order chi connectivity index (χ1) is 16.0. The van der Waals surface area contributed by atoms with E-state index in [0.717, 1.165) is 20.1 Å². The smallest absolute Gasteiger partial charge is 0.262 e. The van der Waals surface area contributed by atoms with Crippen molar-refractivity contribution in [1.82, 2.24) is 4.98 Å². The number of thiazole rings is 1. The Morgan fingerprint density at radius 3 is 2.61 bits per heavy atom. The lowest BCUT2D eigenvalue weighted by molar-refractivity contribution is -0.118. The van der Waals surface area contributed by atoms with Gasteiger partial charge in [0.05, 0.1) is 26.7 Å². The van der Waals surface area contributed by atoms with Gasteiger partial charge in [0.2, 0.25) is 5.91 Å². The molecule has 33 heavy (non-hydrogen) atoms. The number of carbonyl (C=O) groups is 2. The zero-order valence-corrected chi connectivity index (χ0v) is 20.0. The minimum Gasteiger partial charge on any atom is -0.484 e. The lowest BCUT2D eigenvalue weighted by Crippen LogP contribution is -2.20. The summed E-state index contributed by atoms with van der Waals surface area (Å²) in [5.74, 6) is 0.457. The number of nitrogens with one attached hydrogen (secondary N) is 2.